The topological polar surface area (TPSA) is 65.8 Å². The van der Waals surface area contributed by atoms with Gasteiger partial charge in [0.15, 0.2) is 0 Å². The Labute approximate surface area is 96.8 Å². The third-order valence-corrected chi connectivity index (χ3v) is 1.93. The van der Waals surface area contributed by atoms with E-state index in [1.54, 1.807) is 0 Å². The van der Waals surface area contributed by atoms with Crippen molar-refractivity contribution in [1.29, 1.82) is 5.26 Å². The highest BCUT2D eigenvalue weighted by Crippen LogP contribution is 2.14. The lowest BCUT2D eigenvalue weighted by Gasteiger charge is -2.03. The van der Waals surface area contributed by atoms with Crippen LogP contribution in [0.25, 0.3) is 0 Å². The average Bonchev–Trinajstić information content (AvgIpc) is 2.16. The SMILES string of the molecule is N#CCCNC(=O)c1cc(Cl)nc(Cl)c1. The maximum absolute atomic E-state index is 11.5. The maximum atomic E-state index is 11.5. The van der Waals surface area contributed by atoms with Gasteiger partial charge in [0.2, 0.25) is 0 Å². The van der Waals surface area contributed by atoms with Crippen molar-refractivity contribution < 1.29 is 4.79 Å². The number of halogens is 2. The number of pyridine rings is 1. The summed E-state index contributed by atoms with van der Waals surface area (Å²) in [6.45, 7) is 0.299. The fraction of sp³-hybridized carbons (Fsp3) is 0.222. The molecule has 0 aromatic carbocycles. The van der Waals surface area contributed by atoms with Crippen LogP contribution in [0.2, 0.25) is 10.3 Å². The predicted molar refractivity (Wildman–Crippen MR) is 56.8 cm³/mol. The van der Waals surface area contributed by atoms with Crippen LogP contribution in [-0.4, -0.2) is 17.4 Å². The van der Waals surface area contributed by atoms with E-state index in [0.29, 0.717) is 12.1 Å². The smallest absolute Gasteiger partial charge is 0.251 e. The van der Waals surface area contributed by atoms with E-state index in [9.17, 15) is 4.79 Å². The van der Waals surface area contributed by atoms with Crippen LogP contribution in [0.4, 0.5) is 0 Å². The standard InChI is InChI=1S/C9H7Cl2N3O/c10-7-4-6(5-8(11)14-7)9(15)13-3-1-2-12/h4-5H,1,3H2,(H,13,15). The molecule has 0 aliphatic heterocycles. The van der Waals surface area contributed by atoms with E-state index in [1.807, 2.05) is 6.07 Å². The normalized spacial score (nSPS) is 9.40. The molecule has 0 atom stereocenters. The number of hydrogen-bond acceptors (Lipinski definition) is 3. The molecule has 0 fully saturated rings. The lowest BCUT2D eigenvalue weighted by atomic mass is 10.2. The summed E-state index contributed by atoms with van der Waals surface area (Å²) in [6, 6.07) is 4.74. The van der Waals surface area contributed by atoms with E-state index < -0.39 is 0 Å². The summed E-state index contributed by atoms with van der Waals surface area (Å²) in [5.41, 5.74) is 0.331. The van der Waals surface area contributed by atoms with Gasteiger partial charge in [0, 0.05) is 12.1 Å². The van der Waals surface area contributed by atoms with Gasteiger partial charge in [0.25, 0.3) is 5.91 Å². The number of carbonyl (C=O) groups is 1. The van der Waals surface area contributed by atoms with Crippen LogP contribution < -0.4 is 5.32 Å². The Hall–Kier alpha value is -1.31. The first-order valence-electron chi connectivity index (χ1n) is 4.11. The van der Waals surface area contributed by atoms with E-state index in [4.69, 9.17) is 28.5 Å². The Morgan fingerprint density at radius 1 is 1.47 bits per heavy atom. The molecular formula is C9H7Cl2N3O. The molecule has 4 nitrogen and oxygen atoms in total. The zero-order valence-electron chi connectivity index (χ0n) is 7.63. The van der Waals surface area contributed by atoms with Crippen LogP contribution in [0.1, 0.15) is 16.8 Å². The van der Waals surface area contributed by atoms with Crippen molar-refractivity contribution in [3.05, 3.63) is 28.0 Å². The van der Waals surface area contributed by atoms with Gasteiger partial charge in [-0.05, 0) is 12.1 Å². The molecule has 78 valence electrons. The number of nitrogens with zero attached hydrogens (tertiary/aromatic N) is 2. The van der Waals surface area contributed by atoms with Crippen LogP contribution in [0, 0.1) is 11.3 Å². The highest BCUT2D eigenvalue weighted by atomic mass is 35.5. The summed E-state index contributed by atoms with van der Waals surface area (Å²) in [5, 5.41) is 11.2. The number of nitrogens with one attached hydrogen (secondary N) is 1. The first-order valence-corrected chi connectivity index (χ1v) is 4.87. The largest absolute Gasteiger partial charge is 0.351 e. The minimum atomic E-state index is -0.323. The van der Waals surface area contributed by atoms with Gasteiger partial charge >= 0.3 is 0 Å². The van der Waals surface area contributed by atoms with Gasteiger partial charge in [-0.15, -0.1) is 0 Å². The average molecular weight is 244 g/mol. The van der Waals surface area contributed by atoms with E-state index >= 15 is 0 Å². The summed E-state index contributed by atoms with van der Waals surface area (Å²) in [7, 11) is 0. The van der Waals surface area contributed by atoms with Crippen LogP contribution in [0.3, 0.4) is 0 Å². The number of amides is 1. The number of aromatic nitrogens is 1. The van der Waals surface area contributed by atoms with Crippen LogP contribution in [0.15, 0.2) is 12.1 Å². The highest BCUT2D eigenvalue weighted by molar-refractivity contribution is 6.33. The Morgan fingerprint density at radius 2 is 2.07 bits per heavy atom. The second kappa shape index (κ2) is 5.54. The second-order valence-corrected chi connectivity index (χ2v) is 3.44. The monoisotopic (exact) mass is 243 g/mol. The lowest BCUT2D eigenvalue weighted by Crippen LogP contribution is -2.24. The quantitative estimate of drug-likeness (QED) is 0.653. The first kappa shape index (κ1) is 11.8. The molecule has 6 heteroatoms. The van der Waals surface area contributed by atoms with Crippen molar-refractivity contribution >= 4 is 29.1 Å². The third kappa shape index (κ3) is 3.74. The van der Waals surface area contributed by atoms with Gasteiger partial charge in [0.1, 0.15) is 10.3 Å². The summed E-state index contributed by atoms with van der Waals surface area (Å²) < 4.78 is 0. The van der Waals surface area contributed by atoms with E-state index in [0.717, 1.165) is 0 Å². The van der Waals surface area contributed by atoms with Gasteiger partial charge in [0.05, 0.1) is 12.5 Å². The molecule has 1 aromatic heterocycles. The zero-order chi connectivity index (χ0) is 11.3. The fourth-order valence-electron chi connectivity index (χ4n) is 0.930. The third-order valence-electron chi connectivity index (χ3n) is 1.55. The van der Waals surface area contributed by atoms with Gasteiger partial charge in [-0.2, -0.15) is 5.26 Å². The summed E-state index contributed by atoms with van der Waals surface area (Å²) in [6.07, 6.45) is 0.262. The molecule has 0 bridgehead atoms. The molecule has 0 aliphatic rings. The molecule has 1 N–H and O–H groups in total. The zero-order valence-corrected chi connectivity index (χ0v) is 9.14. The number of rotatable bonds is 3. The second-order valence-electron chi connectivity index (χ2n) is 2.67. The molecule has 15 heavy (non-hydrogen) atoms. The Bertz CT molecular complexity index is 394. The highest BCUT2D eigenvalue weighted by Gasteiger charge is 2.07. The van der Waals surface area contributed by atoms with Crippen molar-refractivity contribution in [2.75, 3.05) is 6.54 Å². The van der Waals surface area contributed by atoms with Crippen molar-refractivity contribution in [3.63, 3.8) is 0 Å². The summed E-state index contributed by atoms with van der Waals surface area (Å²) in [5.74, 6) is -0.323. The van der Waals surface area contributed by atoms with Gasteiger partial charge < -0.3 is 5.32 Å². The molecular weight excluding hydrogens is 237 g/mol. The minimum absolute atomic E-state index is 0.160. The molecule has 1 amide bonds. The van der Waals surface area contributed by atoms with E-state index in [2.05, 4.69) is 10.3 Å². The summed E-state index contributed by atoms with van der Waals surface area (Å²) in [4.78, 5) is 15.2. The number of nitriles is 1. The molecule has 0 saturated heterocycles. The molecule has 0 radical (unpaired) electrons. The molecule has 1 heterocycles. The van der Waals surface area contributed by atoms with Crippen molar-refractivity contribution in [2.45, 2.75) is 6.42 Å². The van der Waals surface area contributed by atoms with Crippen LogP contribution in [0.5, 0.6) is 0 Å². The number of hydrogen-bond donors (Lipinski definition) is 1. The van der Waals surface area contributed by atoms with Gasteiger partial charge in [-0.25, -0.2) is 4.98 Å². The summed E-state index contributed by atoms with van der Waals surface area (Å²) >= 11 is 11.3. The van der Waals surface area contributed by atoms with E-state index in [1.165, 1.54) is 12.1 Å². The number of carbonyl (C=O) groups excluding carboxylic acids is 1. The Kier molecular flexibility index (Phi) is 4.35. The minimum Gasteiger partial charge on any atom is -0.351 e. The van der Waals surface area contributed by atoms with Gasteiger partial charge in [-0.3, -0.25) is 4.79 Å². The van der Waals surface area contributed by atoms with Crippen molar-refractivity contribution in [3.8, 4) is 6.07 Å². The lowest BCUT2D eigenvalue weighted by molar-refractivity contribution is 0.0954. The van der Waals surface area contributed by atoms with E-state index in [-0.39, 0.29) is 22.6 Å². The molecule has 0 aliphatic carbocycles. The van der Waals surface area contributed by atoms with Crippen molar-refractivity contribution in [2.24, 2.45) is 0 Å². The molecule has 0 spiro atoms. The van der Waals surface area contributed by atoms with Crippen LogP contribution >= 0.6 is 23.2 Å². The first-order chi connectivity index (χ1) is 7.13. The molecule has 0 saturated carbocycles. The molecule has 0 unspecified atom stereocenters. The Balaban J connectivity index is 2.70. The van der Waals surface area contributed by atoms with Crippen molar-refractivity contribution in [1.82, 2.24) is 10.3 Å². The molecule has 1 rings (SSSR count). The predicted octanol–water partition coefficient (Wildman–Crippen LogP) is 2.03. The maximum Gasteiger partial charge on any atom is 0.251 e. The van der Waals surface area contributed by atoms with Gasteiger partial charge in [-0.1, -0.05) is 23.2 Å². The Morgan fingerprint density at radius 3 is 2.60 bits per heavy atom. The molecule has 1 aromatic rings. The fourth-order valence-corrected chi connectivity index (χ4v) is 1.39. The van der Waals surface area contributed by atoms with Crippen LogP contribution in [-0.2, 0) is 0 Å².